The number of benzene rings is 2. The van der Waals surface area contributed by atoms with Gasteiger partial charge in [-0.25, -0.2) is 9.37 Å². The lowest BCUT2D eigenvalue weighted by atomic mass is 10.1. The Bertz CT molecular complexity index is 908. The van der Waals surface area contributed by atoms with Crippen molar-refractivity contribution < 1.29 is 4.39 Å². The van der Waals surface area contributed by atoms with Crippen molar-refractivity contribution in [3.8, 4) is 0 Å². The maximum Gasteiger partial charge on any atom is 0.229 e. The summed E-state index contributed by atoms with van der Waals surface area (Å²) >= 11 is 0. The van der Waals surface area contributed by atoms with E-state index in [1.165, 1.54) is 11.6 Å². The molecule has 0 aliphatic heterocycles. The average Bonchev–Trinajstić information content (AvgIpc) is 2.59. The van der Waals surface area contributed by atoms with E-state index >= 15 is 0 Å². The summed E-state index contributed by atoms with van der Waals surface area (Å²) in [6.07, 6.45) is 0.593. The van der Waals surface area contributed by atoms with E-state index < -0.39 is 0 Å². The van der Waals surface area contributed by atoms with Gasteiger partial charge in [-0.2, -0.15) is 4.98 Å². The molecule has 3 aromatic rings. The summed E-state index contributed by atoms with van der Waals surface area (Å²) in [4.78, 5) is 8.98. The molecule has 0 fully saturated rings. The van der Waals surface area contributed by atoms with Crippen molar-refractivity contribution in [3.63, 3.8) is 0 Å². The molecule has 2 aromatic carbocycles. The highest BCUT2D eigenvalue weighted by molar-refractivity contribution is 5.60. The van der Waals surface area contributed by atoms with E-state index in [-0.39, 0.29) is 5.82 Å². The van der Waals surface area contributed by atoms with Gasteiger partial charge in [0.2, 0.25) is 5.95 Å². The Morgan fingerprint density at radius 3 is 2.58 bits per heavy atom. The molecule has 0 saturated heterocycles. The molecule has 134 valence electrons. The first kappa shape index (κ1) is 17.9. The van der Waals surface area contributed by atoms with Crippen molar-refractivity contribution in [1.82, 2.24) is 9.97 Å². The second kappa shape index (κ2) is 7.95. The molecule has 5 heteroatoms. The van der Waals surface area contributed by atoms with Gasteiger partial charge in [0.15, 0.2) is 0 Å². The normalized spacial score (nSPS) is 10.6. The molecule has 1 aromatic heterocycles. The third-order valence-corrected chi connectivity index (χ3v) is 4.15. The third kappa shape index (κ3) is 4.57. The minimum atomic E-state index is -0.176. The van der Waals surface area contributed by atoms with Gasteiger partial charge >= 0.3 is 0 Å². The van der Waals surface area contributed by atoms with E-state index in [0.29, 0.717) is 24.5 Å². The first-order valence-electron chi connectivity index (χ1n) is 8.68. The van der Waals surface area contributed by atoms with Crippen LogP contribution in [0.2, 0.25) is 0 Å². The zero-order valence-electron chi connectivity index (χ0n) is 15.3. The Balaban J connectivity index is 1.69. The van der Waals surface area contributed by atoms with Crippen LogP contribution < -0.4 is 10.6 Å². The fraction of sp³-hybridized carbons (Fsp3) is 0.238. The number of anilines is 3. The van der Waals surface area contributed by atoms with E-state index in [1.807, 2.05) is 26.0 Å². The van der Waals surface area contributed by atoms with E-state index in [4.69, 9.17) is 0 Å². The van der Waals surface area contributed by atoms with Gasteiger partial charge in [0.05, 0.1) is 0 Å². The number of hydrogen-bond donors (Lipinski definition) is 2. The van der Waals surface area contributed by atoms with Crippen LogP contribution in [-0.2, 0) is 6.42 Å². The van der Waals surface area contributed by atoms with Crippen LogP contribution in [0.25, 0.3) is 0 Å². The van der Waals surface area contributed by atoms with Gasteiger partial charge in [0.1, 0.15) is 11.6 Å². The standard InChI is InChI=1S/C21H23FN4/c1-14-8-9-15(2)19(12-14)25-21-24-16(3)13-20(26-21)23-11-10-17-6-4-5-7-18(17)22/h4-9,12-13H,10-11H2,1-3H3,(H2,23,24,25,26). The zero-order chi connectivity index (χ0) is 18.5. The molecule has 0 radical (unpaired) electrons. The lowest BCUT2D eigenvalue weighted by molar-refractivity contribution is 0.610. The molecular weight excluding hydrogens is 327 g/mol. The smallest absolute Gasteiger partial charge is 0.229 e. The number of rotatable bonds is 6. The summed E-state index contributed by atoms with van der Waals surface area (Å²) in [7, 11) is 0. The Labute approximate surface area is 153 Å². The molecule has 0 amide bonds. The van der Waals surface area contributed by atoms with E-state index in [9.17, 15) is 4.39 Å². The third-order valence-electron chi connectivity index (χ3n) is 4.15. The van der Waals surface area contributed by atoms with Crippen molar-refractivity contribution in [3.05, 3.63) is 76.7 Å². The SMILES string of the molecule is Cc1ccc(C)c(Nc2nc(C)cc(NCCc3ccccc3F)n2)c1. The second-order valence-electron chi connectivity index (χ2n) is 6.43. The highest BCUT2D eigenvalue weighted by Gasteiger charge is 2.06. The maximum absolute atomic E-state index is 13.7. The summed E-state index contributed by atoms with van der Waals surface area (Å²) in [5.74, 6) is 1.10. The van der Waals surface area contributed by atoms with Crippen molar-refractivity contribution in [2.24, 2.45) is 0 Å². The van der Waals surface area contributed by atoms with Crippen LogP contribution in [0.4, 0.5) is 21.8 Å². The summed E-state index contributed by atoms with van der Waals surface area (Å²) < 4.78 is 13.7. The maximum atomic E-state index is 13.7. The van der Waals surface area contributed by atoms with Gasteiger partial charge < -0.3 is 10.6 Å². The molecule has 0 bridgehead atoms. The minimum Gasteiger partial charge on any atom is -0.370 e. The predicted molar refractivity (Wildman–Crippen MR) is 105 cm³/mol. The van der Waals surface area contributed by atoms with Gasteiger partial charge in [0.25, 0.3) is 0 Å². The molecule has 4 nitrogen and oxygen atoms in total. The molecule has 1 heterocycles. The van der Waals surface area contributed by atoms with Crippen molar-refractivity contribution in [2.45, 2.75) is 27.2 Å². The molecule has 0 saturated carbocycles. The Morgan fingerprint density at radius 1 is 0.962 bits per heavy atom. The highest BCUT2D eigenvalue weighted by atomic mass is 19.1. The van der Waals surface area contributed by atoms with Gasteiger partial charge in [-0.1, -0.05) is 30.3 Å². The lowest BCUT2D eigenvalue weighted by Crippen LogP contribution is -2.09. The molecule has 0 aliphatic carbocycles. The van der Waals surface area contributed by atoms with Crippen LogP contribution >= 0.6 is 0 Å². The Kier molecular flexibility index (Phi) is 5.46. The van der Waals surface area contributed by atoms with Crippen LogP contribution in [0.1, 0.15) is 22.4 Å². The lowest BCUT2D eigenvalue weighted by Gasteiger charge is -2.12. The summed E-state index contributed by atoms with van der Waals surface area (Å²) in [6.45, 7) is 6.63. The monoisotopic (exact) mass is 350 g/mol. The molecule has 0 atom stereocenters. The fourth-order valence-electron chi connectivity index (χ4n) is 2.73. The quantitative estimate of drug-likeness (QED) is 0.661. The Morgan fingerprint density at radius 2 is 1.77 bits per heavy atom. The summed E-state index contributed by atoms with van der Waals surface area (Å²) in [5.41, 5.74) is 4.86. The first-order valence-corrected chi connectivity index (χ1v) is 8.68. The fourth-order valence-corrected chi connectivity index (χ4v) is 2.73. The van der Waals surface area contributed by atoms with Crippen LogP contribution in [-0.4, -0.2) is 16.5 Å². The molecule has 0 aliphatic rings. The molecule has 26 heavy (non-hydrogen) atoms. The van der Waals surface area contributed by atoms with Crippen LogP contribution in [0.15, 0.2) is 48.5 Å². The van der Waals surface area contributed by atoms with Crippen molar-refractivity contribution >= 4 is 17.5 Å². The number of nitrogens with zero attached hydrogens (tertiary/aromatic N) is 2. The number of halogens is 1. The van der Waals surface area contributed by atoms with Crippen molar-refractivity contribution in [1.29, 1.82) is 0 Å². The minimum absolute atomic E-state index is 0.176. The second-order valence-corrected chi connectivity index (χ2v) is 6.43. The number of aromatic nitrogens is 2. The molecule has 2 N–H and O–H groups in total. The molecular formula is C21H23FN4. The average molecular weight is 350 g/mol. The van der Waals surface area contributed by atoms with Crippen LogP contribution in [0.5, 0.6) is 0 Å². The number of hydrogen-bond acceptors (Lipinski definition) is 4. The van der Waals surface area contributed by atoms with E-state index in [2.05, 4.69) is 45.7 Å². The van der Waals surface area contributed by atoms with Gasteiger partial charge in [-0.15, -0.1) is 0 Å². The van der Waals surface area contributed by atoms with Gasteiger partial charge in [-0.05, 0) is 56.0 Å². The number of nitrogens with one attached hydrogen (secondary N) is 2. The van der Waals surface area contributed by atoms with Gasteiger partial charge in [-0.3, -0.25) is 0 Å². The predicted octanol–water partition coefficient (Wildman–Crippen LogP) is 4.94. The molecule has 0 spiro atoms. The van der Waals surface area contributed by atoms with Gasteiger partial charge in [0, 0.05) is 24.0 Å². The number of aryl methyl sites for hydroxylation is 3. The Hall–Kier alpha value is -2.95. The van der Waals surface area contributed by atoms with Crippen molar-refractivity contribution in [2.75, 3.05) is 17.2 Å². The first-order chi connectivity index (χ1) is 12.5. The molecule has 0 unspecified atom stereocenters. The summed E-state index contributed by atoms with van der Waals surface area (Å²) in [6, 6.07) is 14.9. The largest absolute Gasteiger partial charge is 0.370 e. The summed E-state index contributed by atoms with van der Waals surface area (Å²) in [5, 5.41) is 6.54. The van der Waals surface area contributed by atoms with E-state index in [0.717, 1.165) is 22.8 Å². The zero-order valence-corrected chi connectivity index (χ0v) is 15.3. The molecule has 3 rings (SSSR count). The topological polar surface area (TPSA) is 49.8 Å². The van der Waals surface area contributed by atoms with E-state index in [1.54, 1.807) is 12.1 Å². The van der Waals surface area contributed by atoms with Crippen LogP contribution in [0, 0.1) is 26.6 Å². The highest BCUT2D eigenvalue weighted by Crippen LogP contribution is 2.21. The van der Waals surface area contributed by atoms with Crippen LogP contribution in [0.3, 0.4) is 0 Å².